The fourth-order valence-electron chi connectivity index (χ4n) is 2.06. The van der Waals surface area contributed by atoms with E-state index in [1.54, 1.807) is 0 Å². The van der Waals surface area contributed by atoms with Gasteiger partial charge in [-0.2, -0.15) is 0 Å². The Morgan fingerprint density at radius 1 is 1.45 bits per heavy atom. The van der Waals surface area contributed by atoms with Crippen LogP contribution in [0.25, 0.3) is 0 Å². The molecule has 0 radical (unpaired) electrons. The van der Waals surface area contributed by atoms with Crippen molar-refractivity contribution in [2.75, 3.05) is 27.2 Å². The van der Waals surface area contributed by atoms with Crippen LogP contribution in [0.5, 0.6) is 0 Å². The monoisotopic (exact) mass is 287 g/mol. The van der Waals surface area contributed by atoms with Crippen molar-refractivity contribution in [2.45, 2.75) is 31.3 Å². The minimum atomic E-state index is -1.17. The van der Waals surface area contributed by atoms with Crippen molar-refractivity contribution < 1.29 is 24.2 Å². The molecule has 1 fully saturated rings. The third-order valence-corrected chi connectivity index (χ3v) is 3.19. The zero-order valence-corrected chi connectivity index (χ0v) is 11.7. The third kappa shape index (κ3) is 5.43. The van der Waals surface area contributed by atoms with Crippen LogP contribution in [0.15, 0.2) is 0 Å². The summed E-state index contributed by atoms with van der Waals surface area (Å²) >= 11 is 0. The molecule has 8 heteroatoms. The van der Waals surface area contributed by atoms with Gasteiger partial charge in [-0.05, 0) is 26.4 Å². The average molecular weight is 287 g/mol. The Hall–Kier alpha value is -1.83. The largest absolute Gasteiger partial charge is 0.480 e. The van der Waals surface area contributed by atoms with E-state index in [1.807, 2.05) is 7.05 Å². The van der Waals surface area contributed by atoms with Gasteiger partial charge in [-0.3, -0.25) is 4.79 Å². The van der Waals surface area contributed by atoms with E-state index in [0.29, 0.717) is 0 Å². The SMILES string of the molecule is COC(=O)CC[C@H](NC(=O)NC1CCN(C)C1)C(=O)O. The molecule has 0 aromatic heterocycles. The second-order valence-electron chi connectivity index (χ2n) is 4.87. The molecule has 1 aliphatic heterocycles. The van der Waals surface area contributed by atoms with Gasteiger partial charge in [0.1, 0.15) is 6.04 Å². The summed E-state index contributed by atoms with van der Waals surface area (Å²) in [5, 5.41) is 14.1. The number of likely N-dealkylation sites (tertiary alicyclic amines) is 1. The van der Waals surface area contributed by atoms with Gasteiger partial charge in [-0.1, -0.05) is 0 Å². The van der Waals surface area contributed by atoms with Crippen LogP contribution in [0.1, 0.15) is 19.3 Å². The molecule has 0 aromatic rings. The molecule has 2 amide bonds. The van der Waals surface area contributed by atoms with Crippen LogP contribution >= 0.6 is 0 Å². The van der Waals surface area contributed by atoms with Crippen LogP contribution in [-0.2, 0) is 14.3 Å². The number of esters is 1. The van der Waals surface area contributed by atoms with Crippen molar-refractivity contribution in [1.29, 1.82) is 0 Å². The number of carbonyl (C=O) groups is 3. The topological polar surface area (TPSA) is 108 Å². The van der Waals surface area contributed by atoms with E-state index >= 15 is 0 Å². The maximum Gasteiger partial charge on any atom is 0.326 e. The van der Waals surface area contributed by atoms with Gasteiger partial charge >= 0.3 is 18.0 Å². The quantitative estimate of drug-likeness (QED) is 0.563. The fourth-order valence-corrected chi connectivity index (χ4v) is 2.06. The Labute approximate surface area is 117 Å². The molecule has 1 unspecified atom stereocenters. The number of nitrogens with zero attached hydrogens (tertiary/aromatic N) is 1. The number of hydrogen-bond donors (Lipinski definition) is 3. The number of ether oxygens (including phenoxy) is 1. The maximum absolute atomic E-state index is 11.7. The number of hydrogen-bond acceptors (Lipinski definition) is 5. The van der Waals surface area contributed by atoms with Gasteiger partial charge in [-0.25, -0.2) is 9.59 Å². The zero-order chi connectivity index (χ0) is 15.1. The average Bonchev–Trinajstić information content (AvgIpc) is 2.78. The van der Waals surface area contributed by atoms with Crippen molar-refractivity contribution in [3.63, 3.8) is 0 Å². The molecule has 0 saturated carbocycles. The lowest BCUT2D eigenvalue weighted by molar-refractivity contribution is -0.142. The molecule has 2 atom stereocenters. The molecule has 1 rings (SSSR count). The lowest BCUT2D eigenvalue weighted by Gasteiger charge is -2.17. The van der Waals surface area contributed by atoms with Gasteiger partial charge in [0.15, 0.2) is 0 Å². The summed E-state index contributed by atoms with van der Waals surface area (Å²) in [5.74, 6) is -1.68. The first kappa shape index (κ1) is 16.2. The Balaban J connectivity index is 2.38. The molecule has 1 aliphatic rings. The maximum atomic E-state index is 11.7. The lowest BCUT2D eigenvalue weighted by atomic mass is 10.1. The predicted octanol–water partition coefficient (Wildman–Crippen LogP) is -0.604. The summed E-state index contributed by atoms with van der Waals surface area (Å²) in [5.41, 5.74) is 0. The zero-order valence-electron chi connectivity index (χ0n) is 11.7. The van der Waals surface area contributed by atoms with Crippen molar-refractivity contribution in [2.24, 2.45) is 0 Å². The highest BCUT2D eigenvalue weighted by Gasteiger charge is 2.25. The first-order valence-electron chi connectivity index (χ1n) is 6.47. The van der Waals surface area contributed by atoms with Gasteiger partial charge in [0.2, 0.25) is 0 Å². The van der Waals surface area contributed by atoms with Crippen LogP contribution in [0.3, 0.4) is 0 Å². The highest BCUT2D eigenvalue weighted by atomic mass is 16.5. The number of carboxylic acid groups (broad SMARTS) is 1. The molecule has 114 valence electrons. The number of urea groups is 1. The number of carboxylic acids is 1. The van der Waals surface area contributed by atoms with Crippen molar-refractivity contribution in [1.82, 2.24) is 15.5 Å². The van der Waals surface area contributed by atoms with E-state index in [2.05, 4.69) is 20.3 Å². The number of methoxy groups -OCH3 is 1. The summed E-state index contributed by atoms with van der Waals surface area (Å²) in [4.78, 5) is 35.8. The molecule has 20 heavy (non-hydrogen) atoms. The van der Waals surface area contributed by atoms with Gasteiger partial charge in [0, 0.05) is 19.0 Å². The molecular weight excluding hydrogens is 266 g/mol. The van der Waals surface area contributed by atoms with E-state index in [1.165, 1.54) is 7.11 Å². The molecule has 3 N–H and O–H groups in total. The first-order valence-corrected chi connectivity index (χ1v) is 6.47. The van der Waals surface area contributed by atoms with E-state index in [9.17, 15) is 14.4 Å². The number of carbonyl (C=O) groups excluding carboxylic acids is 2. The molecule has 0 aromatic carbocycles. The molecule has 8 nitrogen and oxygen atoms in total. The third-order valence-electron chi connectivity index (χ3n) is 3.19. The minimum absolute atomic E-state index is 0.00000386. The van der Waals surface area contributed by atoms with Crippen LogP contribution in [0, 0.1) is 0 Å². The number of likely N-dealkylation sites (N-methyl/N-ethyl adjacent to an activating group) is 1. The van der Waals surface area contributed by atoms with Crippen LogP contribution < -0.4 is 10.6 Å². The molecule has 0 aliphatic carbocycles. The summed E-state index contributed by atoms with van der Waals surface area (Å²) in [6.45, 7) is 1.64. The summed E-state index contributed by atoms with van der Waals surface area (Å²) in [7, 11) is 3.19. The number of amides is 2. The fraction of sp³-hybridized carbons (Fsp3) is 0.750. The van der Waals surface area contributed by atoms with E-state index in [-0.39, 0.29) is 18.9 Å². The summed E-state index contributed by atoms with van der Waals surface area (Å²) in [6.07, 6.45) is 0.781. The second kappa shape index (κ2) is 7.68. The smallest absolute Gasteiger partial charge is 0.326 e. The Morgan fingerprint density at radius 2 is 2.15 bits per heavy atom. The van der Waals surface area contributed by atoms with Crippen molar-refractivity contribution in [3.8, 4) is 0 Å². The minimum Gasteiger partial charge on any atom is -0.480 e. The van der Waals surface area contributed by atoms with Crippen LogP contribution in [0.2, 0.25) is 0 Å². The molecular formula is C12H21N3O5. The van der Waals surface area contributed by atoms with Gasteiger partial charge in [0.25, 0.3) is 0 Å². The molecule has 1 heterocycles. The number of aliphatic carboxylic acids is 1. The van der Waals surface area contributed by atoms with E-state index in [0.717, 1.165) is 19.5 Å². The van der Waals surface area contributed by atoms with Gasteiger partial charge in [-0.15, -0.1) is 0 Å². The summed E-state index contributed by atoms with van der Waals surface area (Å²) in [6, 6.07) is -1.61. The van der Waals surface area contributed by atoms with Crippen LogP contribution in [0.4, 0.5) is 4.79 Å². The Bertz CT molecular complexity index is 374. The van der Waals surface area contributed by atoms with Gasteiger partial charge < -0.3 is 25.4 Å². The van der Waals surface area contributed by atoms with Crippen molar-refractivity contribution >= 4 is 18.0 Å². The predicted molar refractivity (Wildman–Crippen MR) is 70.2 cm³/mol. The van der Waals surface area contributed by atoms with E-state index in [4.69, 9.17) is 5.11 Å². The van der Waals surface area contributed by atoms with Crippen LogP contribution in [-0.4, -0.2) is 67.3 Å². The Kier molecular flexibility index (Phi) is 6.23. The highest BCUT2D eigenvalue weighted by molar-refractivity contribution is 5.83. The first-order chi connectivity index (χ1) is 9.42. The van der Waals surface area contributed by atoms with Gasteiger partial charge in [0.05, 0.1) is 7.11 Å². The number of rotatable bonds is 6. The standard InChI is InChI=1S/C12H21N3O5/c1-15-6-5-8(7-15)13-12(19)14-9(11(17)18)3-4-10(16)20-2/h8-9H,3-7H2,1-2H3,(H,17,18)(H2,13,14,19)/t8?,9-/m0/s1. The number of nitrogens with one attached hydrogen (secondary N) is 2. The molecule has 1 saturated heterocycles. The highest BCUT2D eigenvalue weighted by Crippen LogP contribution is 2.06. The molecule has 0 spiro atoms. The normalized spacial score (nSPS) is 20.2. The Morgan fingerprint density at radius 3 is 2.65 bits per heavy atom. The summed E-state index contributed by atoms with van der Waals surface area (Å²) < 4.78 is 4.44. The van der Waals surface area contributed by atoms with Crippen molar-refractivity contribution in [3.05, 3.63) is 0 Å². The van der Waals surface area contributed by atoms with E-state index < -0.39 is 24.0 Å². The molecule has 0 bridgehead atoms. The second-order valence-corrected chi connectivity index (χ2v) is 4.87. The lowest BCUT2D eigenvalue weighted by Crippen LogP contribution is -2.49.